The van der Waals surface area contributed by atoms with Crippen molar-refractivity contribution in [3.63, 3.8) is 0 Å². The van der Waals surface area contributed by atoms with Crippen LogP contribution in [0.1, 0.15) is 12.8 Å². The largest absolute Gasteiger partial charge is 0.481 e. The van der Waals surface area contributed by atoms with E-state index in [-0.39, 0.29) is 24.4 Å². The SMILES string of the molecule is O=C(O)CCCN(c1ccccc1)S(=O)(=O)c1ccn[nH]1. The lowest BCUT2D eigenvalue weighted by Gasteiger charge is -2.23. The van der Waals surface area contributed by atoms with Gasteiger partial charge in [-0.15, -0.1) is 0 Å². The third-order valence-corrected chi connectivity index (χ3v) is 4.60. The lowest BCUT2D eigenvalue weighted by molar-refractivity contribution is -0.137. The van der Waals surface area contributed by atoms with Crippen LogP contribution >= 0.6 is 0 Å². The number of hydrogen-bond acceptors (Lipinski definition) is 4. The third kappa shape index (κ3) is 3.60. The van der Waals surface area contributed by atoms with Crippen LogP contribution in [0.2, 0.25) is 0 Å². The van der Waals surface area contributed by atoms with Crippen molar-refractivity contribution in [1.29, 1.82) is 0 Å². The number of nitrogens with one attached hydrogen (secondary N) is 1. The Hall–Kier alpha value is -2.35. The maximum Gasteiger partial charge on any atom is 0.303 e. The average molecular weight is 309 g/mol. The fourth-order valence-corrected chi connectivity index (χ4v) is 3.27. The van der Waals surface area contributed by atoms with Gasteiger partial charge in [-0.2, -0.15) is 13.5 Å². The van der Waals surface area contributed by atoms with Gasteiger partial charge in [0.2, 0.25) is 0 Å². The second-order valence-corrected chi connectivity index (χ2v) is 6.16. The van der Waals surface area contributed by atoms with Crippen LogP contribution in [0.4, 0.5) is 5.69 Å². The minimum absolute atomic E-state index is 0.0262. The first kappa shape index (κ1) is 15.0. The molecule has 1 aromatic heterocycles. The van der Waals surface area contributed by atoms with Crippen LogP contribution in [-0.2, 0) is 14.8 Å². The number of carboxylic acids is 1. The first-order chi connectivity index (χ1) is 10.0. The van der Waals surface area contributed by atoms with E-state index in [1.54, 1.807) is 30.3 Å². The van der Waals surface area contributed by atoms with Gasteiger partial charge in [0.15, 0.2) is 5.03 Å². The quantitative estimate of drug-likeness (QED) is 0.806. The Morgan fingerprint density at radius 1 is 1.24 bits per heavy atom. The summed E-state index contributed by atoms with van der Waals surface area (Å²) in [6.07, 6.45) is 1.48. The van der Waals surface area contributed by atoms with Crippen LogP contribution in [0.15, 0.2) is 47.6 Å². The molecule has 112 valence electrons. The second-order valence-electron chi connectivity index (χ2n) is 4.33. The highest BCUT2D eigenvalue weighted by molar-refractivity contribution is 7.92. The molecule has 0 saturated carbocycles. The Kier molecular flexibility index (Phi) is 4.59. The van der Waals surface area contributed by atoms with E-state index in [4.69, 9.17) is 5.11 Å². The van der Waals surface area contributed by atoms with Gasteiger partial charge in [0.05, 0.1) is 11.9 Å². The molecule has 0 amide bonds. The van der Waals surface area contributed by atoms with Gasteiger partial charge in [-0.3, -0.25) is 14.2 Å². The highest BCUT2D eigenvalue weighted by atomic mass is 32.2. The molecule has 0 spiro atoms. The lowest BCUT2D eigenvalue weighted by Crippen LogP contribution is -2.32. The highest BCUT2D eigenvalue weighted by Crippen LogP contribution is 2.22. The summed E-state index contributed by atoms with van der Waals surface area (Å²) in [6.45, 7) is 0.0810. The van der Waals surface area contributed by atoms with Gasteiger partial charge in [0.1, 0.15) is 0 Å². The summed E-state index contributed by atoms with van der Waals surface area (Å²) in [6, 6.07) is 9.91. The molecule has 2 N–H and O–H groups in total. The third-order valence-electron chi connectivity index (χ3n) is 2.84. The fourth-order valence-electron chi connectivity index (χ4n) is 1.86. The predicted molar refractivity (Wildman–Crippen MR) is 76.4 cm³/mol. The Morgan fingerprint density at radius 2 is 1.95 bits per heavy atom. The summed E-state index contributed by atoms with van der Waals surface area (Å²) >= 11 is 0. The molecule has 0 unspecified atom stereocenters. The number of anilines is 1. The van der Waals surface area contributed by atoms with Crippen molar-refractivity contribution in [2.75, 3.05) is 10.8 Å². The van der Waals surface area contributed by atoms with Crippen LogP contribution < -0.4 is 4.31 Å². The summed E-state index contributed by atoms with van der Waals surface area (Å²) in [5.74, 6) is -0.957. The molecular weight excluding hydrogens is 294 g/mol. The van der Waals surface area contributed by atoms with E-state index in [1.807, 2.05) is 0 Å². The standard InChI is InChI=1S/C13H15N3O4S/c17-13(18)7-4-10-16(11-5-2-1-3-6-11)21(19,20)12-8-9-14-15-12/h1-3,5-6,8-9H,4,7,10H2,(H,14,15)(H,17,18). The maximum absolute atomic E-state index is 12.6. The van der Waals surface area contributed by atoms with E-state index < -0.39 is 16.0 Å². The van der Waals surface area contributed by atoms with Gasteiger partial charge in [-0.05, 0) is 24.6 Å². The Morgan fingerprint density at radius 3 is 2.52 bits per heavy atom. The Labute approximate surface area is 122 Å². The topological polar surface area (TPSA) is 103 Å². The number of carboxylic acid groups (broad SMARTS) is 1. The molecule has 2 rings (SSSR count). The van der Waals surface area contributed by atoms with Crippen LogP contribution in [0.25, 0.3) is 0 Å². The summed E-state index contributed by atoms with van der Waals surface area (Å²) in [5.41, 5.74) is 0.484. The average Bonchev–Trinajstić information content (AvgIpc) is 2.99. The van der Waals surface area contributed by atoms with Crippen molar-refractivity contribution < 1.29 is 18.3 Å². The molecule has 0 bridgehead atoms. The van der Waals surface area contributed by atoms with Crippen molar-refractivity contribution in [1.82, 2.24) is 10.2 Å². The number of aromatic nitrogens is 2. The molecule has 0 aliphatic heterocycles. The number of para-hydroxylation sites is 1. The number of rotatable bonds is 7. The van der Waals surface area contributed by atoms with Crippen LogP contribution in [0.3, 0.4) is 0 Å². The Bertz CT molecular complexity index is 683. The van der Waals surface area contributed by atoms with Crippen LogP contribution in [-0.4, -0.2) is 36.2 Å². The zero-order valence-corrected chi connectivity index (χ0v) is 12.0. The van der Waals surface area contributed by atoms with Crippen molar-refractivity contribution in [2.45, 2.75) is 17.9 Å². The number of carbonyl (C=O) groups is 1. The molecule has 0 fully saturated rings. The van der Waals surface area contributed by atoms with Crippen molar-refractivity contribution in [2.24, 2.45) is 0 Å². The summed E-state index contributed by atoms with van der Waals surface area (Å²) in [4.78, 5) is 10.6. The molecule has 1 aromatic carbocycles. The molecule has 0 saturated heterocycles. The van der Waals surface area contributed by atoms with E-state index in [2.05, 4.69) is 10.2 Å². The predicted octanol–water partition coefficient (Wildman–Crippen LogP) is 1.47. The number of aromatic amines is 1. The molecular formula is C13H15N3O4S. The normalized spacial score (nSPS) is 11.2. The minimum atomic E-state index is -3.79. The Balaban J connectivity index is 2.30. The molecule has 0 atom stereocenters. The minimum Gasteiger partial charge on any atom is -0.481 e. The monoisotopic (exact) mass is 309 g/mol. The van der Waals surface area contributed by atoms with Gasteiger partial charge >= 0.3 is 5.97 Å². The molecule has 21 heavy (non-hydrogen) atoms. The van der Waals surface area contributed by atoms with Gasteiger partial charge in [0, 0.05) is 13.0 Å². The number of aliphatic carboxylic acids is 1. The first-order valence-corrected chi connectivity index (χ1v) is 7.75. The van der Waals surface area contributed by atoms with Gasteiger partial charge in [-0.1, -0.05) is 18.2 Å². The number of nitrogens with zero attached hydrogens (tertiary/aromatic N) is 2. The van der Waals surface area contributed by atoms with E-state index in [9.17, 15) is 13.2 Å². The van der Waals surface area contributed by atoms with Gasteiger partial charge < -0.3 is 5.11 Å². The summed E-state index contributed by atoms with van der Waals surface area (Å²) in [7, 11) is -3.79. The molecule has 0 aliphatic rings. The maximum atomic E-state index is 12.6. The number of H-pyrrole nitrogens is 1. The van der Waals surface area contributed by atoms with E-state index in [0.29, 0.717) is 5.69 Å². The van der Waals surface area contributed by atoms with Gasteiger partial charge in [0.25, 0.3) is 10.0 Å². The second kappa shape index (κ2) is 6.40. The van der Waals surface area contributed by atoms with E-state index >= 15 is 0 Å². The zero-order chi connectivity index (χ0) is 15.3. The fraction of sp³-hybridized carbons (Fsp3) is 0.231. The van der Waals surface area contributed by atoms with E-state index in [0.717, 1.165) is 0 Å². The molecule has 8 heteroatoms. The summed E-state index contributed by atoms with van der Waals surface area (Å²) in [5, 5.41) is 14.8. The number of benzene rings is 1. The molecule has 2 aromatic rings. The number of hydrogen-bond donors (Lipinski definition) is 2. The van der Waals surface area contributed by atoms with Crippen LogP contribution in [0, 0.1) is 0 Å². The van der Waals surface area contributed by atoms with Gasteiger partial charge in [-0.25, -0.2) is 0 Å². The van der Waals surface area contributed by atoms with Crippen molar-refractivity contribution >= 4 is 21.7 Å². The first-order valence-electron chi connectivity index (χ1n) is 6.31. The molecule has 0 radical (unpaired) electrons. The van der Waals surface area contributed by atoms with Crippen molar-refractivity contribution in [3.8, 4) is 0 Å². The highest BCUT2D eigenvalue weighted by Gasteiger charge is 2.25. The zero-order valence-electron chi connectivity index (χ0n) is 11.1. The molecule has 0 aliphatic carbocycles. The van der Waals surface area contributed by atoms with Crippen molar-refractivity contribution in [3.05, 3.63) is 42.6 Å². The lowest BCUT2D eigenvalue weighted by atomic mass is 10.3. The number of sulfonamides is 1. The smallest absolute Gasteiger partial charge is 0.303 e. The summed E-state index contributed by atoms with van der Waals surface area (Å²) < 4.78 is 26.3. The van der Waals surface area contributed by atoms with E-state index in [1.165, 1.54) is 16.6 Å². The molecule has 1 heterocycles. The van der Waals surface area contributed by atoms with Crippen LogP contribution in [0.5, 0.6) is 0 Å². The molecule has 7 nitrogen and oxygen atoms in total.